The van der Waals surface area contributed by atoms with E-state index in [1.165, 1.54) is 6.08 Å². The highest BCUT2D eigenvalue weighted by atomic mass is 16.5. The van der Waals surface area contributed by atoms with Gasteiger partial charge in [0.1, 0.15) is 12.4 Å². The first-order chi connectivity index (χ1) is 10.6. The van der Waals surface area contributed by atoms with Gasteiger partial charge in [0, 0.05) is 17.5 Å². The van der Waals surface area contributed by atoms with Gasteiger partial charge in [-0.3, -0.25) is 0 Å². The number of nitrogens with two attached hydrogens (primary N) is 2. The van der Waals surface area contributed by atoms with Crippen LogP contribution in [0, 0.1) is 0 Å². The molecule has 22 heavy (non-hydrogen) atoms. The minimum atomic E-state index is -0.434. The van der Waals surface area contributed by atoms with E-state index in [0.29, 0.717) is 11.4 Å². The molecule has 0 bridgehead atoms. The van der Waals surface area contributed by atoms with Crippen LogP contribution in [-0.2, 0) is 16.1 Å². The molecular weight excluding hydrogens is 280 g/mol. The van der Waals surface area contributed by atoms with Crippen LogP contribution in [0.25, 0.3) is 6.08 Å². The molecule has 0 amide bonds. The smallest absolute Gasteiger partial charge is 0.331 e. The third kappa shape index (κ3) is 4.56. The minimum Gasteiger partial charge on any atom is -0.497 e. The van der Waals surface area contributed by atoms with E-state index in [2.05, 4.69) is 0 Å². The van der Waals surface area contributed by atoms with Gasteiger partial charge < -0.3 is 20.9 Å². The molecule has 0 atom stereocenters. The molecule has 0 fully saturated rings. The molecule has 0 aliphatic heterocycles. The molecule has 114 valence electrons. The van der Waals surface area contributed by atoms with E-state index in [4.69, 9.17) is 20.9 Å². The fraction of sp³-hybridized carbons (Fsp3) is 0.118. The number of methoxy groups -OCH3 is 1. The lowest BCUT2D eigenvalue weighted by molar-refractivity contribution is -0.138. The SMILES string of the molecule is COc1ccc(/C=C/C(=O)OCc2cc(N)cc(N)c2)cc1. The second-order valence-electron chi connectivity index (χ2n) is 4.72. The summed E-state index contributed by atoms with van der Waals surface area (Å²) >= 11 is 0. The predicted molar refractivity (Wildman–Crippen MR) is 87.1 cm³/mol. The summed E-state index contributed by atoms with van der Waals surface area (Å²) in [7, 11) is 1.60. The van der Waals surface area contributed by atoms with Gasteiger partial charge in [-0.1, -0.05) is 12.1 Å². The summed E-state index contributed by atoms with van der Waals surface area (Å²) < 4.78 is 10.2. The predicted octanol–water partition coefficient (Wildman–Crippen LogP) is 2.62. The summed E-state index contributed by atoms with van der Waals surface area (Å²) in [5.74, 6) is 0.329. The summed E-state index contributed by atoms with van der Waals surface area (Å²) in [6, 6.07) is 12.4. The molecular formula is C17H18N2O3. The van der Waals surface area contributed by atoms with E-state index in [9.17, 15) is 4.79 Å². The minimum absolute atomic E-state index is 0.126. The van der Waals surface area contributed by atoms with E-state index < -0.39 is 5.97 Å². The first-order valence-corrected chi connectivity index (χ1v) is 6.70. The number of ether oxygens (including phenoxy) is 2. The maximum Gasteiger partial charge on any atom is 0.331 e. The second kappa shape index (κ2) is 7.17. The summed E-state index contributed by atoms with van der Waals surface area (Å²) in [5.41, 5.74) is 14.1. The first-order valence-electron chi connectivity index (χ1n) is 6.70. The van der Waals surface area contributed by atoms with Crippen LogP contribution in [0.2, 0.25) is 0 Å². The van der Waals surface area contributed by atoms with Crippen LogP contribution in [0.3, 0.4) is 0 Å². The number of carbonyl (C=O) groups is 1. The van der Waals surface area contributed by atoms with Gasteiger partial charge >= 0.3 is 5.97 Å². The van der Waals surface area contributed by atoms with Gasteiger partial charge in [-0.25, -0.2) is 4.79 Å². The van der Waals surface area contributed by atoms with E-state index in [0.717, 1.165) is 16.9 Å². The summed E-state index contributed by atoms with van der Waals surface area (Å²) in [5, 5.41) is 0. The van der Waals surface area contributed by atoms with Crippen molar-refractivity contribution in [2.24, 2.45) is 0 Å². The Bertz CT molecular complexity index is 659. The fourth-order valence-corrected chi connectivity index (χ4v) is 1.91. The van der Waals surface area contributed by atoms with Gasteiger partial charge in [-0.05, 0) is 47.5 Å². The van der Waals surface area contributed by atoms with Crippen LogP contribution in [0.1, 0.15) is 11.1 Å². The highest BCUT2D eigenvalue weighted by Crippen LogP contribution is 2.15. The maximum absolute atomic E-state index is 11.7. The number of nitrogen functional groups attached to an aromatic ring is 2. The number of carbonyl (C=O) groups excluding carboxylic acids is 1. The molecule has 0 radical (unpaired) electrons. The van der Waals surface area contributed by atoms with Gasteiger partial charge in [0.2, 0.25) is 0 Å². The number of benzene rings is 2. The molecule has 2 aromatic carbocycles. The highest BCUT2D eigenvalue weighted by molar-refractivity contribution is 5.87. The lowest BCUT2D eigenvalue weighted by atomic mass is 10.2. The molecule has 0 heterocycles. The van der Waals surface area contributed by atoms with Crippen molar-refractivity contribution in [1.29, 1.82) is 0 Å². The molecule has 0 saturated heterocycles. The standard InChI is InChI=1S/C17H18N2O3/c1-21-16-5-2-12(3-6-16)4-7-17(20)22-11-13-8-14(18)10-15(19)9-13/h2-10H,11,18-19H2,1H3/b7-4+. The van der Waals surface area contributed by atoms with Crippen LogP contribution in [0.4, 0.5) is 11.4 Å². The van der Waals surface area contributed by atoms with E-state index >= 15 is 0 Å². The highest BCUT2D eigenvalue weighted by Gasteiger charge is 2.01. The van der Waals surface area contributed by atoms with E-state index in [1.807, 2.05) is 24.3 Å². The molecule has 0 unspecified atom stereocenters. The molecule has 2 aromatic rings. The third-order valence-electron chi connectivity index (χ3n) is 2.95. The molecule has 0 aliphatic carbocycles. The van der Waals surface area contributed by atoms with Gasteiger partial charge in [-0.15, -0.1) is 0 Å². The van der Waals surface area contributed by atoms with Gasteiger partial charge in [0.15, 0.2) is 0 Å². The number of hydrogen-bond donors (Lipinski definition) is 2. The summed E-state index contributed by atoms with van der Waals surface area (Å²) in [6.45, 7) is 0.126. The van der Waals surface area contributed by atoms with Crippen LogP contribution < -0.4 is 16.2 Å². The first kappa shape index (κ1) is 15.4. The number of anilines is 2. The lowest BCUT2D eigenvalue weighted by Gasteiger charge is -2.05. The third-order valence-corrected chi connectivity index (χ3v) is 2.95. The molecule has 5 nitrogen and oxygen atoms in total. The van der Waals surface area contributed by atoms with Crippen molar-refractivity contribution in [2.75, 3.05) is 18.6 Å². The van der Waals surface area contributed by atoms with Crippen molar-refractivity contribution in [3.05, 3.63) is 59.7 Å². The fourth-order valence-electron chi connectivity index (χ4n) is 1.91. The molecule has 0 aliphatic rings. The molecule has 4 N–H and O–H groups in total. The number of hydrogen-bond acceptors (Lipinski definition) is 5. The monoisotopic (exact) mass is 298 g/mol. The zero-order valence-corrected chi connectivity index (χ0v) is 12.3. The molecule has 0 spiro atoms. The van der Waals surface area contributed by atoms with Crippen LogP contribution in [0.5, 0.6) is 5.75 Å². The average Bonchev–Trinajstić information content (AvgIpc) is 2.50. The summed E-state index contributed by atoms with van der Waals surface area (Å²) in [4.78, 5) is 11.7. The molecule has 5 heteroatoms. The van der Waals surface area contributed by atoms with Crippen molar-refractivity contribution in [2.45, 2.75) is 6.61 Å². The zero-order valence-electron chi connectivity index (χ0n) is 12.3. The van der Waals surface area contributed by atoms with Crippen molar-refractivity contribution >= 4 is 23.4 Å². The zero-order chi connectivity index (χ0) is 15.9. The Kier molecular flexibility index (Phi) is 5.03. The van der Waals surface area contributed by atoms with Crippen LogP contribution in [-0.4, -0.2) is 13.1 Å². The number of esters is 1. The molecule has 0 aromatic heterocycles. The Labute approximate surface area is 129 Å². The summed E-state index contributed by atoms with van der Waals surface area (Å²) in [6.07, 6.45) is 3.05. The van der Waals surface area contributed by atoms with Crippen molar-refractivity contribution in [1.82, 2.24) is 0 Å². The molecule has 2 rings (SSSR count). The number of rotatable bonds is 5. The van der Waals surface area contributed by atoms with Crippen molar-refractivity contribution in [3.8, 4) is 5.75 Å². The quantitative estimate of drug-likeness (QED) is 0.503. The van der Waals surface area contributed by atoms with Crippen LogP contribution >= 0.6 is 0 Å². The van der Waals surface area contributed by atoms with E-state index in [1.54, 1.807) is 31.4 Å². The second-order valence-corrected chi connectivity index (χ2v) is 4.72. The Morgan fingerprint density at radius 3 is 2.32 bits per heavy atom. The lowest BCUT2D eigenvalue weighted by Crippen LogP contribution is -2.02. The van der Waals surface area contributed by atoms with Crippen LogP contribution in [0.15, 0.2) is 48.5 Å². The van der Waals surface area contributed by atoms with Crippen molar-refractivity contribution < 1.29 is 14.3 Å². The van der Waals surface area contributed by atoms with Gasteiger partial charge in [0.25, 0.3) is 0 Å². The Morgan fingerprint density at radius 2 is 1.73 bits per heavy atom. The Balaban J connectivity index is 1.90. The normalized spacial score (nSPS) is 10.6. The van der Waals surface area contributed by atoms with E-state index in [-0.39, 0.29) is 6.61 Å². The Hall–Kier alpha value is -2.95. The maximum atomic E-state index is 11.7. The molecule has 0 saturated carbocycles. The largest absolute Gasteiger partial charge is 0.497 e. The topological polar surface area (TPSA) is 87.6 Å². The van der Waals surface area contributed by atoms with Crippen molar-refractivity contribution in [3.63, 3.8) is 0 Å². The van der Waals surface area contributed by atoms with Gasteiger partial charge in [-0.2, -0.15) is 0 Å². The van der Waals surface area contributed by atoms with Gasteiger partial charge in [0.05, 0.1) is 7.11 Å². The Morgan fingerprint density at radius 1 is 1.09 bits per heavy atom. The average molecular weight is 298 g/mol.